The average Bonchev–Trinajstić information content (AvgIpc) is 3.28. The molecule has 0 spiro atoms. The number of hydrogen-bond donors (Lipinski definition) is 3. The van der Waals surface area contributed by atoms with Gasteiger partial charge in [-0.05, 0) is 49.6 Å². The number of amides is 2. The molecule has 2 atom stereocenters. The molecule has 4 nitrogen and oxygen atoms in total. The highest BCUT2D eigenvalue weighted by Gasteiger charge is 2.33. The molecule has 1 aliphatic rings. The van der Waals surface area contributed by atoms with Gasteiger partial charge in [0.2, 0.25) is 0 Å². The van der Waals surface area contributed by atoms with Gasteiger partial charge in [0.1, 0.15) is 5.82 Å². The van der Waals surface area contributed by atoms with Crippen LogP contribution in [0, 0.1) is 11.7 Å². The number of hydrogen-bond acceptors (Lipinski definition) is 3. The topological polar surface area (TPSA) is 61.4 Å². The van der Waals surface area contributed by atoms with E-state index >= 15 is 0 Å². The Bertz CT molecular complexity index is 503. The summed E-state index contributed by atoms with van der Waals surface area (Å²) in [5.74, 6) is 0.677. The lowest BCUT2D eigenvalue weighted by Gasteiger charge is -2.24. The van der Waals surface area contributed by atoms with E-state index in [9.17, 15) is 14.3 Å². The monoisotopic (exact) mass is 326 g/mol. The van der Waals surface area contributed by atoms with E-state index in [0.29, 0.717) is 11.7 Å². The lowest BCUT2D eigenvalue weighted by atomic mass is 10.0. The van der Waals surface area contributed by atoms with Gasteiger partial charge in [0, 0.05) is 12.3 Å². The van der Waals surface area contributed by atoms with E-state index in [2.05, 4.69) is 10.6 Å². The van der Waals surface area contributed by atoms with Crippen LogP contribution in [-0.4, -0.2) is 35.3 Å². The first-order valence-corrected chi connectivity index (χ1v) is 8.82. The van der Waals surface area contributed by atoms with Gasteiger partial charge in [-0.15, -0.1) is 0 Å². The van der Waals surface area contributed by atoms with Gasteiger partial charge in [-0.2, -0.15) is 11.8 Å². The minimum Gasteiger partial charge on any atom is -0.387 e. The lowest BCUT2D eigenvalue weighted by Crippen LogP contribution is -2.47. The van der Waals surface area contributed by atoms with Gasteiger partial charge in [0.05, 0.1) is 11.6 Å². The predicted octanol–water partition coefficient (Wildman–Crippen LogP) is 2.69. The SMILES string of the molecule is CSCC(C)(O)CNC(=O)NC(c1ccc(F)cc1)C1CC1. The van der Waals surface area contributed by atoms with Crippen molar-refractivity contribution in [3.05, 3.63) is 35.6 Å². The zero-order chi connectivity index (χ0) is 16.2. The van der Waals surface area contributed by atoms with Crippen molar-refractivity contribution in [2.45, 2.75) is 31.4 Å². The maximum absolute atomic E-state index is 13.0. The van der Waals surface area contributed by atoms with E-state index in [4.69, 9.17) is 0 Å². The molecule has 1 saturated carbocycles. The fraction of sp³-hybridized carbons (Fsp3) is 0.562. The van der Waals surface area contributed by atoms with Crippen molar-refractivity contribution in [2.24, 2.45) is 5.92 Å². The Kier molecular flexibility index (Phi) is 5.69. The van der Waals surface area contributed by atoms with Crippen LogP contribution in [-0.2, 0) is 0 Å². The maximum Gasteiger partial charge on any atom is 0.315 e. The highest BCUT2D eigenvalue weighted by atomic mass is 32.2. The van der Waals surface area contributed by atoms with Crippen LogP contribution in [0.15, 0.2) is 24.3 Å². The summed E-state index contributed by atoms with van der Waals surface area (Å²) < 4.78 is 13.0. The van der Waals surface area contributed by atoms with Gasteiger partial charge in [0.15, 0.2) is 0 Å². The molecule has 2 rings (SSSR count). The summed E-state index contributed by atoms with van der Waals surface area (Å²) in [5, 5.41) is 15.7. The van der Waals surface area contributed by atoms with Gasteiger partial charge >= 0.3 is 6.03 Å². The van der Waals surface area contributed by atoms with E-state index in [1.54, 1.807) is 19.1 Å². The largest absolute Gasteiger partial charge is 0.387 e. The summed E-state index contributed by atoms with van der Waals surface area (Å²) in [5.41, 5.74) is -0.0169. The molecule has 6 heteroatoms. The van der Waals surface area contributed by atoms with Crippen LogP contribution in [0.2, 0.25) is 0 Å². The van der Waals surface area contributed by atoms with Gasteiger partial charge in [-0.3, -0.25) is 0 Å². The van der Waals surface area contributed by atoms with Crippen molar-refractivity contribution in [1.29, 1.82) is 0 Å². The first kappa shape index (κ1) is 17.1. The Hall–Kier alpha value is -1.27. The molecule has 1 aromatic carbocycles. The highest BCUT2D eigenvalue weighted by Crippen LogP contribution is 2.40. The molecular formula is C16H23FN2O2S. The molecule has 0 aromatic heterocycles. The van der Waals surface area contributed by atoms with Crippen molar-refractivity contribution >= 4 is 17.8 Å². The summed E-state index contributed by atoms with van der Waals surface area (Å²) in [6.07, 6.45) is 4.03. The minimum absolute atomic E-state index is 0.105. The summed E-state index contributed by atoms with van der Waals surface area (Å²) >= 11 is 1.53. The summed E-state index contributed by atoms with van der Waals surface area (Å²) in [6, 6.07) is 5.83. The van der Waals surface area contributed by atoms with Crippen molar-refractivity contribution in [3.8, 4) is 0 Å². The predicted molar refractivity (Wildman–Crippen MR) is 87.4 cm³/mol. The molecule has 0 aliphatic heterocycles. The zero-order valence-electron chi connectivity index (χ0n) is 12.9. The van der Waals surface area contributed by atoms with Crippen LogP contribution in [0.25, 0.3) is 0 Å². The maximum atomic E-state index is 13.0. The molecule has 22 heavy (non-hydrogen) atoms. The second kappa shape index (κ2) is 7.33. The average molecular weight is 326 g/mol. The molecule has 0 heterocycles. The standard InChI is InChI=1S/C16H23FN2O2S/c1-16(21,10-22-2)9-18-15(20)19-14(11-3-4-11)12-5-7-13(17)8-6-12/h5-8,11,14,21H,3-4,9-10H2,1-2H3,(H2,18,19,20). The Morgan fingerprint density at radius 2 is 2.09 bits per heavy atom. The first-order chi connectivity index (χ1) is 10.4. The Morgan fingerprint density at radius 1 is 1.45 bits per heavy atom. The fourth-order valence-corrected chi connectivity index (χ4v) is 3.12. The second-order valence-corrected chi connectivity index (χ2v) is 6.99. The van der Waals surface area contributed by atoms with Crippen LogP contribution in [0.4, 0.5) is 9.18 Å². The number of rotatable bonds is 7. The van der Waals surface area contributed by atoms with Gasteiger partial charge in [0.25, 0.3) is 0 Å². The van der Waals surface area contributed by atoms with Crippen molar-refractivity contribution in [2.75, 3.05) is 18.6 Å². The molecule has 1 aliphatic carbocycles. The van der Waals surface area contributed by atoms with E-state index < -0.39 is 5.60 Å². The number of urea groups is 1. The van der Waals surface area contributed by atoms with Crippen LogP contribution < -0.4 is 10.6 Å². The molecule has 1 fully saturated rings. The third-order valence-electron chi connectivity index (χ3n) is 3.69. The van der Waals surface area contributed by atoms with E-state index in [1.165, 1.54) is 23.9 Å². The fourth-order valence-electron chi connectivity index (χ4n) is 2.40. The van der Waals surface area contributed by atoms with Crippen molar-refractivity contribution in [1.82, 2.24) is 10.6 Å². The number of aliphatic hydroxyl groups is 1. The summed E-state index contributed by atoms with van der Waals surface area (Å²) in [6.45, 7) is 1.89. The number of carbonyl (C=O) groups is 1. The second-order valence-electron chi connectivity index (χ2n) is 6.12. The number of halogens is 1. The Morgan fingerprint density at radius 3 is 2.64 bits per heavy atom. The summed E-state index contributed by atoms with van der Waals surface area (Å²) in [7, 11) is 0. The van der Waals surface area contributed by atoms with E-state index in [-0.39, 0.29) is 24.4 Å². The molecule has 0 radical (unpaired) electrons. The molecule has 2 unspecified atom stereocenters. The smallest absolute Gasteiger partial charge is 0.315 e. The minimum atomic E-state index is -0.929. The van der Waals surface area contributed by atoms with Crippen LogP contribution in [0.5, 0.6) is 0 Å². The third kappa shape index (κ3) is 5.18. The molecule has 0 bridgehead atoms. The summed E-state index contributed by atoms with van der Waals surface area (Å²) in [4.78, 5) is 12.1. The number of thioether (sulfide) groups is 1. The quantitative estimate of drug-likeness (QED) is 0.722. The van der Waals surface area contributed by atoms with Crippen LogP contribution in [0.1, 0.15) is 31.4 Å². The van der Waals surface area contributed by atoms with Crippen LogP contribution in [0.3, 0.4) is 0 Å². The van der Waals surface area contributed by atoms with E-state index in [0.717, 1.165) is 18.4 Å². The molecule has 122 valence electrons. The van der Waals surface area contributed by atoms with Gasteiger partial charge in [-0.25, -0.2) is 9.18 Å². The molecule has 1 aromatic rings. The van der Waals surface area contributed by atoms with E-state index in [1.807, 2.05) is 6.26 Å². The Balaban J connectivity index is 1.91. The number of nitrogens with one attached hydrogen (secondary N) is 2. The zero-order valence-corrected chi connectivity index (χ0v) is 13.8. The number of benzene rings is 1. The van der Waals surface area contributed by atoms with Crippen LogP contribution >= 0.6 is 11.8 Å². The van der Waals surface area contributed by atoms with Gasteiger partial charge in [-0.1, -0.05) is 12.1 Å². The Labute approximate surface area is 134 Å². The lowest BCUT2D eigenvalue weighted by molar-refractivity contribution is 0.0867. The molecular weight excluding hydrogens is 303 g/mol. The van der Waals surface area contributed by atoms with Crippen molar-refractivity contribution in [3.63, 3.8) is 0 Å². The number of carbonyl (C=O) groups excluding carboxylic acids is 1. The molecule has 2 amide bonds. The van der Waals surface area contributed by atoms with Crippen molar-refractivity contribution < 1.29 is 14.3 Å². The normalized spacial score (nSPS) is 18.4. The molecule has 3 N–H and O–H groups in total. The highest BCUT2D eigenvalue weighted by molar-refractivity contribution is 7.98. The van der Waals surface area contributed by atoms with Gasteiger partial charge < -0.3 is 15.7 Å². The first-order valence-electron chi connectivity index (χ1n) is 7.42. The molecule has 0 saturated heterocycles. The third-order valence-corrected chi connectivity index (χ3v) is 4.60.